The van der Waals surface area contributed by atoms with E-state index < -0.39 is 0 Å². The molecule has 0 bridgehead atoms. The van der Waals surface area contributed by atoms with E-state index in [1.165, 1.54) is 19.8 Å². The highest BCUT2D eigenvalue weighted by Gasteiger charge is 2.17. The summed E-state index contributed by atoms with van der Waals surface area (Å²) >= 11 is 1.62. The maximum absolute atomic E-state index is 12.6. The number of carbonyl (C=O) groups excluding carboxylic acids is 1. The number of carbonyl (C=O) groups is 1. The van der Waals surface area contributed by atoms with E-state index in [1.54, 1.807) is 29.5 Å². The van der Waals surface area contributed by atoms with Gasteiger partial charge in [-0.25, -0.2) is 4.98 Å². The molecule has 0 atom stereocenters. The number of aryl methyl sites for hydroxylation is 1. The minimum Gasteiger partial charge on any atom is -0.496 e. The number of ether oxygens (including phenoxy) is 2. The molecule has 2 aromatic carbocycles. The fourth-order valence-corrected chi connectivity index (χ4v) is 3.77. The van der Waals surface area contributed by atoms with Crippen molar-refractivity contribution in [1.82, 2.24) is 10.3 Å². The van der Waals surface area contributed by atoms with Crippen molar-refractivity contribution in [2.45, 2.75) is 13.3 Å². The quantitative estimate of drug-likeness (QED) is 0.668. The highest BCUT2D eigenvalue weighted by atomic mass is 32.1. The first-order chi connectivity index (χ1) is 13.1. The topological polar surface area (TPSA) is 60.5 Å². The van der Waals surface area contributed by atoms with Crippen molar-refractivity contribution in [3.05, 3.63) is 64.7 Å². The monoisotopic (exact) mass is 382 g/mol. The molecule has 140 valence electrons. The van der Waals surface area contributed by atoms with Gasteiger partial charge in [0.15, 0.2) is 0 Å². The second kappa shape index (κ2) is 8.68. The number of hydrogen-bond donors (Lipinski definition) is 1. The maximum atomic E-state index is 12.6. The molecule has 0 unspecified atom stereocenters. The third-order valence-electron chi connectivity index (χ3n) is 4.25. The fourth-order valence-electron chi connectivity index (χ4n) is 2.83. The Kier molecular flexibility index (Phi) is 6.08. The molecule has 0 aliphatic heterocycles. The second-order valence-corrected chi connectivity index (χ2v) is 6.86. The van der Waals surface area contributed by atoms with Gasteiger partial charge >= 0.3 is 0 Å². The molecule has 27 heavy (non-hydrogen) atoms. The molecular formula is C21H22N2O3S. The zero-order chi connectivity index (χ0) is 19.2. The van der Waals surface area contributed by atoms with Crippen molar-refractivity contribution < 1.29 is 14.3 Å². The predicted molar refractivity (Wildman–Crippen MR) is 108 cm³/mol. The molecule has 1 aromatic heterocycles. The van der Waals surface area contributed by atoms with Gasteiger partial charge in [-0.1, -0.05) is 30.3 Å². The van der Waals surface area contributed by atoms with Crippen LogP contribution in [0.2, 0.25) is 0 Å². The number of aromatic nitrogens is 1. The molecular weight excluding hydrogens is 360 g/mol. The highest BCUT2D eigenvalue weighted by molar-refractivity contribution is 7.13. The molecule has 1 amide bonds. The van der Waals surface area contributed by atoms with E-state index in [0.717, 1.165) is 16.3 Å². The van der Waals surface area contributed by atoms with Crippen molar-refractivity contribution in [2.75, 3.05) is 20.8 Å². The van der Waals surface area contributed by atoms with Crippen LogP contribution in [0.15, 0.2) is 47.8 Å². The first-order valence-electron chi connectivity index (χ1n) is 8.63. The standard InChI is InChI=1S/C21H22N2O3S/c1-14-7-4-5-8-16(14)21-23-15(13-27-21)11-12-22-20(24)19-17(25-2)9-6-10-18(19)26-3/h4-10,13H,11-12H2,1-3H3,(H,22,24). The Bertz CT molecular complexity index is 914. The Hall–Kier alpha value is -2.86. The van der Waals surface area contributed by atoms with Crippen LogP contribution in [-0.2, 0) is 6.42 Å². The van der Waals surface area contributed by atoms with Crippen molar-refractivity contribution in [3.8, 4) is 22.1 Å². The van der Waals surface area contributed by atoms with Crippen LogP contribution in [0.1, 0.15) is 21.6 Å². The molecule has 0 fully saturated rings. The van der Waals surface area contributed by atoms with E-state index in [-0.39, 0.29) is 5.91 Å². The fraction of sp³-hybridized carbons (Fsp3) is 0.238. The van der Waals surface area contributed by atoms with Gasteiger partial charge in [-0.3, -0.25) is 4.79 Å². The van der Waals surface area contributed by atoms with Crippen molar-refractivity contribution in [1.29, 1.82) is 0 Å². The number of benzene rings is 2. The number of thiazole rings is 1. The number of nitrogens with one attached hydrogen (secondary N) is 1. The van der Waals surface area contributed by atoms with Gasteiger partial charge in [0.1, 0.15) is 22.1 Å². The lowest BCUT2D eigenvalue weighted by molar-refractivity contribution is 0.0948. The van der Waals surface area contributed by atoms with Crippen LogP contribution >= 0.6 is 11.3 Å². The van der Waals surface area contributed by atoms with Gasteiger partial charge < -0.3 is 14.8 Å². The average Bonchev–Trinajstić information content (AvgIpc) is 3.16. The number of rotatable bonds is 7. The van der Waals surface area contributed by atoms with Gasteiger partial charge in [0, 0.05) is 23.9 Å². The van der Waals surface area contributed by atoms with Crippen molar-refractivity contribution >= 4 is 17.2 Å². The summed E-state index contributed by atoms with van der Waals surface area (Å²) in [6, 6.07) is 13.5. The van der Waals surface area contributed by atoms with Crippen LogP contribution in [0, 0.1) is 6.92 Å². The Morgan fingerprint density at radius 1 is 1.07 bits per heavy atom. The largest absolute Gasteiger partial charge is 0.496 e. The molecule has 0 saturated carbocycles. The van der Waals surface area contributed by atoms with Crippen LogP contribution in [-0.4, -0.2) is 31.7 Å². The molecule has 3 rings (SSSR count). The van der Waals surface area contributed by atoms with Gasteiger partial charge in [-0.05, 0) is 24.6 Å². The summed E-state index contributed by atoms with van der Waals surface area (Å²) in [5.41, 5.74) is 3.72. The van der Waals surface area contributed by atoms with Gasteiger partial charge in [-0.15, -0.1) is 11.3 Å². The van der Waals surface area contributed by atoms with E-state index in [1.807, 2.05) is 17.5 Å². The van der Waals surface area contributed by atoms with Gasteiger partial charge in [-0.2, -0.15) is 0 Å². The van der Waals surface area contributed by atoms with Gasteiger partial charge in [0.25, 0.3) is 5.91 Å². The third-order valence-corrected chi connectivity index (χ3v) is 5.17. The molecule has 0 spiro atoms. The zero-order valence-corrected chi connectivity index (χ0v) is 16.4. The van der Waals surface area contributed by atoms with Crippen LogP contribution in [0.4, 0.5) is 0 Å². The van der Waals surface area contributed by atoms with Crippen LogP contribution in [0.3, 0.4) is 0 Å². The molecule has 0 saturated heterocycles. The van der Waals surface area contributed by atoms with E-state index in [2.05, 4.69) is 24.4 Å². The van der Waals surface area contributed by atoms with Crippen LogP contribution < -0.4 is 14.8 Å². The van der Waals surface area contributed by atoms with E-state index in [9.17, 15) is 4.79 Å². The molecule has 0 radical (unpaired) electrons. The summed E-state index contributed by atoms with van der Waals surface area (Å²) in [6.45, 7) is 2.56. The summed E-state index contributed by atoms with van der Waals surface area (Å²) < 4.78 is 10.6. The molecule has 3 aromatic rings. The second-order valence-electron chi connectivity index (χ2n) is 6.00. The average molecular weight is 382 g/mol. The van der Waals surface area contributed by atoms with E-state index in [4.69, 9.17) is 14.5 Å². The number of nitrogens with zero attached hydrogens (tertiary/aromatic N) is 1. The van der Waals surface area contributed by atoms with Crippen LogP contribution in [0.25, 0.3) is 10.6 Å². The summed E-state index contributed by atoms with van der Waals surface area (Å²) in [4.78, 5) is 17.3. The van der Waals surface area contributed by atoms with Gasteiger partial charge in [0.05, 0.1) is 19.9 Å². The molecule has 1 heterocycles. The first-order valence-corrected chi connectivity index (χ1v) is 9.51. The number of methoxy groups -OCH3 is 2. The number of amides is 1. The molecule has 0 aliphatic rings. The lowest BCUT2D eigenvalue weighted by atomic mass is 10.1. The first kappa shape index (κ1) is 18.9. The summed E-state index contributed by atoms with van der Waals surface area (Å²) in [5.74, 6) is 0.753. The lowest BCUT2D eigenvalue weighted by Crippen LogP contribution is -2.26. The van der Waals surface area contributed by atoms with Crippen molar-refractivity contribution in [3.63, 3.8) is 0 Å². The summed E-state index contributed by atoms with van der Waals surface area (Å²) in [5, 5.41) is 5.96. The van der Waals surface area contributed by atoms with Gasteiger partial charge in [0.2, 0.25) is 0 Å². The smallest absolute Gasteiger partial charge is 0.258 e. The Labute approximate surface area is 163 Å². The van der Waals surface area contributed by atoms with E-state index >= 15 is 0 Å². The van der Waals surface area contributed by atoms with E-state index in [0.29, 0.717) is 30.0 Å². The minimum absolute atomic E-state index is 0.223. The molecule has 6 heteroatoms. The SMILES string of the molecule is COc1cccc(OC)c1C(=O)NCCc1csc(-c2ccccc2C)n1. The summed E-state index contributed by atoms with van der Waals surface area (Å²) in [6.07, 6.45) is 0.658. The molecule has 1 N–H and O–H groups in total. The maximum Gasteiger partial charge on any atom is 0.258 e. The molecule has 5 nitrogen and oxygen atoms in total. The molecule has 0 aliphatic carbocycles. The Balaban J connectivity index is 1.64. The highest BCUT2D eigenvalue weighted by Crippen LogP contribution is 2.28. The Morgan fingerprint density at radius 2 is 1.78 bits per heavy atom. The normalized spacial score (nSPS) is 10.5. The summed E-state index contributed by atoms with van der Waals surface area (Å²) in [7, 11) is 3.07. The zero-order valence-electron chi connectivity index (χ0n) is 15.6. The Morgan fingerprint density at radius 3 is 2.44 bits per heavy atom. The van der Waals surface area contributed by atoms with Crippen molar-refractivity contribution in [2.24, 2.45) is 0 Å². The third kappa shape index (κ3) is 4.28. The number of hydrogen-bond acceptors (Lipinski definition) is 5. The minimum atomic E-state index is -0.223. The predicted octanol–water partition coefficient (Wildman–Crippen LogP) is 4.11. The van der Waals surface area contributed by atoms with Crippen LogP contribution in [0.5, 0.6) is 11.5 Å². The lowest BCUT2D eigenvalue weighted by Gasteiger charge is -2.12.